The average Bonchev–Trinajstić information content (AvgIpc) is 2.99. The molecule has 0 radical (unpaired) electrons. The van der Waals surface area contributed by atoms with E-state index in [0.29, 0.717) is 35.3 Å². The molecule has 0 amide bonds. The van der Waals surface area contributed by atoms with Crippen LogP contribution in [0.4, 0.5) is 0 Å². The van der Waals surface area contributed by atoms with Crippen LogP contribution >= 0.6 is 0 Å². The van der Waals surface area contributed by atoms with Crippen LogP contribution in [0.25, 0.3) is 0 Å². The standard InChI is InChI=1S/C27H38O4/c1-15(2)12-19-14-27(7)22-9-8-16(3)21(26(22,6)11-10-23(27)31-19)13-20-24(28)17(4)18(5)30-25(20)29/h12,19,21-23,28H,3,8-11,13-14H2,1-2,4-7H3/t19-,21-,22-,23+,26-,27+/m1/s1. The van der Waals surface area contributed by atoms with Gasteiger partial charge in [-0.15, -0.1) is 0 Å². The van der Waals surface area contributed by atoms with Crippen molar-refractivity contribution >= 4 is 0 Å². The van der Waals surface area contributed by atoms with E-state index in [2.05, 4.69) is 40.3 Å². The fourth-order valence-corrected chi connectivity index (χ4v) is 7.16. The zero-order valence-electron chi connectivity index (χ0n) is 20.0. The minimum absolute atomic E-state index is 0.0292. The van der Waals surface area contributed by atoms with Crippen molar-refractivity contribution in [1.82, 2.24) is 0 Å². The summed E-state index contributed by atoms with van der Waals surface area (Å²) < 4.78 is 12.0. The van der Waals surface area contributed by atoms with Crippen LogP contribution in [-0.2, 0) is 11.2 Å². The minimum Gasteiger partial charge on any atom is -0.507 e. The Hall–Kier alpha value is -1.81. The molecule has 1 saturated heterocycles. The molecule has 1 N–H and O–H groups in total. The zero-order valence-corrected chi connectivity index (χ0v) is 20.0. The lowest BCUT2D eigenvalue weighted by Crippen LogP contribution is -2.54. The molecule has 0 unspecified atom stereocenters. The molecule has 2 heterocycles. The molecule has 0 aromatic carbocycles. The minimum atomic E-state index is -0.410. The van der Waals surface area contributed by atoms with Crippen molar-refractivity contribution < 1.29 is 14.3 Å². The van der Waals surface area contributed by atoms with Crippen LogP contribution < -0.4 is 5.63 Å². The van der Waals surface area contributed by atoms with Gasteiger partial charge in [-0.2, -0.15) is 0 Å². The van der Waals surface area contributed by atoms with Crippen LogP contribution in [0, 0.1) is 36.5 Å². The van der Waals surface area contributed by atoms with Crippen LogP contribution in [-0.4, -0.2) is 17.3 Å². The number of ether oxygens (including phenoxy) is 1. The molecule has 0 bridgehead atoms. The third-order valence-corrected chi connectivity index (χ3v) is 8.88. The quantitative estimate of drug-likeness (QED) is 0.601. The second-order valence-corrected chi connectivity index (χ2v) is 11.1. The Kier molecular flexibility index (Phi) is 5.53. The van der Waals surface area contributed by atoms with Crippen LogP contribution in [0.1, 0.15) is 76.7 Å². The Morgan fingerprint density at radius 1 is 1.23 bits per heavy atom. The predicted molar refractivity (Wildman–Crippen MR) is 123 cm³/mol. The third-order valence-electron chi connectivity index (χ3n) is 8.88. The summed E-state index contributed by atoms with van der Waals surface area (Å²) in [5.41, 5.74) is 3.32. The highest BCUT2D eigenvalue weighted by molar-refractivity contribution is 5.40. The first kappa shape index (κ1) is 22.4. The second kappa shape index (κ2) is 7.65. The summed E-state index contributed by atoms with van der Waals surface area (Å²) in [6.07, 6.45) is 8.50. The van der Waals surface area contributed by atoms with Crippen molar-refractivity contribution in [3.63, 3.8) is 0 Å². The Morgan fingerprint density at radius 2 is 1.94 bits per heavy atom. The van der Waals surface area contributed by atoms with Crippen molar-refractivity contribution in [2.45, 2.75) is 92.3 Å². The van der Waals surface area contributed by atoms with Crippen LogP contribution in [0.5, 0.6) is 5.75 Å². The number of hydrogen-bond donors (Lipinski definition) is 1. The van der Waals surface area contributed by atoms with E-state index >= 15 is 0 Å². The molecule has 2 aliphatic carbocycles. The van der Waals surface area contributed by atoms with Gasteiger partial charge in [0.15, 0.2) is 0 Å². The van der Waals surface area contributed by atoms with E-state index in [4.69, 9.17) is 9.15 Å². The van der Waals surface area contributed by atoms with Crippen molar-refractivity contribution in [3.8, 4) is 5.75 Å². The fourth-order valence-electron chi connectivity index (χ4n) is 7.16. The molecule has 4 heteroatoms. The van der Waals surface area contributed by atoms with Crippen LogP contribution in [0.3, 0.4) is 0 Å². The van der Waals surface area contributed by atoms with Gasteiger partial charge in [-0.1, -0.05) is 37.6 Å². The number of aromatic hydroxyl groups is 1. The lowest BCUT2D eigenvalue weighted by molar-refractivity contribution is -0.110. The van der Waals surface area contributed by atoms with Gasteiger partial charge < -0.3 is 14.3 Å². The van der Waals surface area contributed by atoms with Gasteiger partial charge >= 0.3 is 5.63 Å². The highest BCUT2D eigenvalue weighted by Gasteiger charge is 2.61. The molecule has 2 saturated carbocycles. The molecule has 1 aromatic heterocycles. The maximum absolute atomic E-state index is 12.7. The molecule has 3 fully saturated rings. The summed E-state index contributed by atoms with van der Waals surface area (Å²) in [5, 5.41) is 10.8. The highest BCUT2D eigenvalue weighted by Crippen LogP contribution is 2.65. The maximum atomic E-state index is 12.7. The molecule has 3 aliphatic rings. The lowest BCUT2D eigenvalue weighted by Gasteiger charge is -2.59. The van der Waals surface area contributed by atoms with Crippen LogP contribution in [0.15, 0.2) is 33.0 Å². The summed E-state index contributed by atoms with van der Waals surface area (Å²) in [6, 6.07) is 0. The average molecular weight is 427 g/mol. The second-order valence-electron chi connectivity index (χ2n) is 11.1. The molecule has 1 aromatic rings. The summed E-state index contributed by atoms with van der Waals surface area (Å²) in [5.74, 6) is 1.24. The number of allylic oxidation sites excluding steroid dienone is 2. The maximum Gasteiger partial charge on any atom is 0.342 e. The molecular formula is C27H38O4. The molecule has 4 rings (SSSR count). The van der Waals surface area contributed by atoms with Crippen molar-refractivity contribution in [1.29, 1.82) is 0 Å². The number of aryl methyl sites for hydroxylation is 1. The van der Waals surface area contributed by atoms with E-state index in [1.165, 1.54) is 11.1 Å². The van der Waals surface area contributed by atoms with E-state index in [1.54, 1.807) is 6.92 Å². The normalized spacial score (nSPS) is 37.3. The first-order valence-corrected chi connectivity index (χ1v) is 11.8. The highest BCUT2D eigenvalue weighted by atomic mass is 16.5. The van der Waals surface area contributed by atoms with Gasteiger partial charge in [0.1, 0.15) is 11.5 Å². The molecule has 170 valence electrons. The van der Waals surface area contributed by atoms with Crippen molar-refractivity contribution in [2.24, 2.45) is 22.7 Å². The van der Waals surface area contributed by atoms with E-state index in [0.717, 1.165) is 32.1 Å². The summed E-state index contributed by atoms with van der Waals surface area (Å²) in [7, 11) is 0. The smallest absolute Gasteiger partial charge is 0.342 e. The van der Waals surface area contributed by atoms with Crippen molar-refractivity contribution in [2.75, 3.05) is 0 Å². The number of rotatable bonds is 3. The SMILES string of the molecule is C=C1CC[C@H]2[C@]3(C)C[C@@H](C=C(C)C)O[C@H]3CC[C@]2(C)[C@@H]1Cc1c(O)c(C)c(C)oc1=O. The van der Waals surface area contributed by atoms with Gasteiger partial charge in [0.25, 0.3) is 0 Å². The summed E-state index contributed by atoms with van der Waals surface area (Å²) in [6.45, 7) is 17.1. The zero-order chi connectivity index (χ0) is 22.7. The molecule has 4 nitrogen and oxygen atoms in total. The van der Waals surface area contributed by atoms with Gasteiger partial charge in [-0.3, -0.25) is 0 Å². The first-order valence-electron chi connectivity index (χ1n) is 11.8. The molecule has 31 heavy (non-hydrogen) atoms. The largest absolute Gasteiger partial charge is 0.507 e. The van der Waals surface area contributed by atoms with Gasteiger partial charge in [-0.05, 0) is 88.9 Å². The van der Waals surface area contributed by atoms with Crippen LogP contribution in [0.2, 0.25) is 0 Å². The molecular weight excluding hydrogens is 388 g/mol. The topological polar surface area (TPSA) is 59.7 Å². The Balaban J connectivity index is 1.70. The van der Waals surface area contributed by atoms with Gasteiger partial charge in [0, 0.05) is 5.56 Å². The summed E-state index contributed by atoms with van der Waals surface area (Å²) in [4.78, 5) is 12.7. The van der Waals surface area contributed by atoms with Gasteiger partial charge in [-0.25, -0.2) is 4.79 Å². The molecule has 1 aliphatic heterocycles. The number of fused-ring (bicyclic) bond motifs is 3. The Labute approximate surface area is 186 Å². The molecule has 6 atom stereocenters. The van der Waals surface area contributed by atoms with E-state index < -0.39 is 5.63 Å². The first-order chi connectivity index (χ1) is 14.5. The van der Waals surface area contributed by atoms with Crippen molar-refractivity contribution in [3.05, 3.63) is 51.1 Å². The van der Waals surface area contributed by atoms with E-state index in [1.807, 2.05) is 6.92 Å². The summed E-state index contributed by atoms with van der Waals surface area (Å²) >= 11 is 0. The van der Waals surface area contributed by atoms with Gasteiger partial charge in [0.05, 0.1) is 17.8 Å². The third kappa shape index (κ3) is 3.51. The van der Waals surface area contributed by atoms with E-state index in [-0.39, 0.29) is 28.6 Å². The Bertz CT molecular complexity index is 982. The lowest BCUT2D eigenvalue weighted by atomic mass is 9.45. The number of hydrogen-bond acceptors (Lipinski definition) is 4. The fraction of sp³-hybridized carbons (Fsp3) is 0.667. The predicted octanol–water partition coefficient (Wildman–Crippen LogP) is 6.02. The monoisotopic (exact) mass is 426 g/mol. The Morgan fingerprint density at radius 3 is 2.61 bits per heavy atom. The van der Waals surface area contributed by atoms with E-state index in [9.17, 15) is 9.90 Å². The van der Waals surface area contributed by atoms with Gasteiger partial charge in [0.2, 0.25) is 0 Å². The molecule has 0 spiro atoms.